The van der Waals surface area contributed by atoms with Gasteiger partial charge >= 0.3 is 0 Å². The number of amides is 1. The number of nitrogens with zero attached hydrogens (tertiary/aromatic N) is 1. The van der Waals surface area contributed by atoms with Crippen LogP contribution in [-0.2, 0) is 24.1 Å². The molecule has 2 nitrogen and oxygen atoms in total. The zero-order valence-electron chi connectivity index (χ0n) is 20.6. The van der Waals surface area contributed by atoms with Crippen molar-refractivity contribution in [3.8, 4) is 0 Å². The third kappa shape index (κ3) is 4.20. The minimum atomic E-state index is -0.00656. The van der Waals surface area contributed by atoms with Crippen molar-refractivity contribution in [1.29, 1.82) is 0 Å². The Labute approximate surface area is 208 Å². The molecule has 5 rings (SSSR count). The van der Waals surface area contributed by atoms with E-state index >= 15 is 0 Å². The average Bonchev–Trinajstić information content (AvgIpc) is 3.29. The topological polar surface area (TPSA) is 20.3 Å². The van der Waals surface area contributed by atoms with E-state index in [0.29, 0.717) is 17.7 Å². The van der Waals surface area contributed by atoms with Gasteiger partial charge in [0.15, 0.2) is 0 Å². The number of likely N-dealkylation sites (tertiary alicyclic amines) is 1. The normalized spacial score (nSPS) is 29.2. The Balaban J connectivity index is 1.49. The Morgan fingerprint density at radius 1 is 1.00 bits per heavy atom. The quantitative estimate of drug-likeness (QED) is 0.421. The molecule has 1 aliphatic heterocycles. The summed E-state index contributed by atoms with van der Waals surface area (Å²) >= 11 is 3.55. The molecule has 1 heterocycles. The highest BCUT2D eigenvalue weighted by Gasteiger charge is 2.42. The Morgan fingerprint density at radius 3 is 2.48 bits per heavy atom. The van der Waals surface area contributed by atoms with Crippen LogP contribution in [0.5, 0.6) is 0 Å². The van der Waals surface area contributed by atoms with E-state index in [4.69, 9.17) is 0 Å². The maximum atomic E-state index is 14.2. The van der Waals surface area contributed by atoms with Crippen LogP contribution in [0, 0.1) is 23.7 Å². The summed E-state index contributed by atoms with van der Waals surface area (Å²) in [6, 6.07) is 13.5. The van der Waals surface area contributed by atoms with Gasteiger partial charge in [-0.1, -0.05) is 67.9 Å². The minimum absolute atomic E-state index is 0.00656. The van der Waals surface area contributed by atoms with Crippen LogP contribution in [-0.4, -0.2) is 17.4 Å². The molecule has 2 aromatic carbocycles. The van der Waals surface area contributed by atoms with Crippen LogP contribution >= 0.6 is 15.9 Å². The first-order valence-corrected chi connectivity index (χ1v) is 13.8. The Kier molecular flexibility index (Phi) is 6.46. The van der Waals surface area contributed by atoms with E-state index < -0.39 is 0 Å². The summed E-state index contributed by atoms with van der Waals surface area (Å²) in [7, 11) is 0. The standard InChI is InChI=1S/C30H38BrNO/c1-18(2)22-9-13-25-23(17-22)10-14-26-27(25)16-19(3)20(4)29(26)30(33)32-15-5-6-28(32)21-7-11-24(31)12-8-21/h7-8,10-12,14,18-20,22,28-29H,5-6,9,13,15-17H2,1-4H3. The van der Waals surface area contributed by atoms with E-state index in [1.807, 2.05) is 0 Å². The lowest BCUT2D eigenvalue weighted by molar-refractivity contribution is -0.135. The van der Waals surface area contributed by atoms with E-state index in [2.05, 4.69) is 84.9 Å². The first kappa shape index (κ1) is 23.1. The molecule has 1 amide bonds. The smallest absolute Gasteiger partial charge is 0.230 e. The highest BCUT2D eigenvalue weighted by Crippen LogP contribution is 2.46. The summed E-state index contributed by atoms with van der Waals surface area (Å²) in [6.07, 6.45) is 6.98. The number of benzene rings is 2. The van der Waals surface area contributed by atoms with E-state index in [1.165, 1.54) is 36.0 Å². The van der Waals surface area contributed by atoms with Gasteiger partial charge in [-0.3, -0.25) is 4.79 Å². The summed E-state index contributed by atoms with van der Waals surface area (Å²) in [4.78, 5) is 16.4. The highest BCUT2D eigenvalue weighted by atomic mass is 79.9. The van der Waals surface area contributed by atoms with Gasteiger partial charge in [-0.15, -0.1) is 0 Å². The number of fused-ring (bicyclic) bond motifs is 3. The number of halogens is 1. The molecule has 3 heteroatoms. The molecule has 0 N–H and O–H groups in total. The lowest BCUT2D eigenvalue weighted by Gasteiger charge is -2.41. The molecule has 0 spiro atoms. The Hall–Kier alpha value is -1.61. The van der Waals surface area contributed by atoms with Crippen molar-refractivity contribution in [2.45, 2.75) is 78.2 Å². The number of rotatable bonds is 3. The first-order chi connectivity index (χ1) is 15.8. The van der Waals surface area contributed by atoms with Crippen molar-refractivity contribution in [3.05, 3.63) is 68.7 Å². The van der Waals surface area contributed by atoms with Crippen LogP contribution in [0.3, 0.4) is 0 Å². The van der Waals surface area contributed by atoms with Gasteiger partial charge in [-0.2, -0.15) is 0 Å². The molecular weight excluding hydrogens is 470 g/mol. The van der Waals surface area contributed by atoms with Crippen LogP contribution in [0.4, 0.5) is 0 Å². The van der Waals surface area contributed by atoms with Crippen LogP contribution in [0.25, 0.3) is 0 Å². The summed E-state index contributed by atoms with van der Waals surface area (Å²) in [6.45, 7) is 10.3. The SMILES string of the molecule is CC(C)C1CCc2c(ccc3c2CC(C)C(C)C3C(=O)N2CCCC2c2ccc(Br)cc2)C1. The van der Waals surface area contributed by atoms with Gasteiger partial charge in [-0.05, 0) is 102 Å². The van der Waals surface area contributed by atoms with E-state index in [9.17, 15) is 4.79 Å². The lowest BCUT2D eigenvalue weighted by atomic mass is 9.66. The van der Waals surface area contributed by atoms with Crippen LogP contribution in [0.2, 0.25) is 0 Å². The van der Waals surface area contributed by atoms with Gasteiger partial charge in [0.1, 0.15) is 0 Å². The van der Waals surface area contributed by atoms with Crippen molar-refractivity contribution in [3.63, 3.8) is 0 Å². The molecule has 33 heavy (non-hydrogen) atoms. The van der Waals surface area contributed by atoms with E-state index in [1.54, 1.807) is 11.1 Å². The van der Waals surface area contributed by atoms with Crippen molar-refractivity contribution >= 4 is 21.8 Å². The zero-order valence-corrected chi connectivity index (χ0v) is 22.2. The van der Waals surface area contributed by atoms with Gasteiger partial charge in [0.05, 0.1) is 12.0 Å². The molecule has 2 aliphatic carbocycles. The summed E-state index contributed by atoms with van der Waals surface area (Å²) in [5.41, 5.74) is 7.28. The predicted octanol–water partition coefficient (Wildman–Crippen LogP) is 7.49. The number of carbonyl (C=O) groups is 1. The van der Waals surface area contributed by atoms with Crippen LogP contribution in [0.1, 0.15) is 86.7 Å². The molecule has 1 saturated heterocycles. The molecule has 0 saturated carbocycles. The Morgan fingerprint density at radius 2 is 1.76 bits per heavy atom. The molecule has 5 atom stereocenters. The second kappa shape index (κ2) is 9.21. The van der Waals surface area contributed by atoms with Crippen LogP contribution < -0.4 is 0 Å². The molecule has 0 aromatic heterocycles. The number of hydrogen-bond acceptors (Lipinski definition) is 1. The number of carbonyl (C=O) groups excluding carboxylic acids is 1. The second-order valence-corrected chi connectivity index (χ2v) is 12.2. The fourth-order valence-electron chi connectivity index (χ4n) is 6.80. The van der Waals surface area contributed by atoms with Gasteiger partial charge in [0, 0.05) is 11.0 Å². The molecule has 3 aliphatic rings. The molecule has 0 bridgehead atoms. The molecule has 1 fully saturated rings. The first-order valence-electron chi connectivity index (χ1n) is 13.0. The third-order valence-corrected chi connectivity index (χ3v) is 9.62. The molecule has 5 unspecified atom stereocenters. The van der Waals surface area contributed by atoms with Crippen molar-refractivity contribution < 1.29 is 4.79 Å². The van der Waals surface area contributed by atoms with Gasteiger partial charge in [0.2, 0.25) is 5.91 Å². The van der Waals surface area contributed by atoms with Gasteiger partial charge < -0.3 is 4.90 Å². The maximum absolute atomic E-state index is 14.2. The van der Waals surface area contributed by atoms with Gasteiger partial charge in [0.25, 0.3) is 0 Å². The Bertz CT molecular complexity index is 1030. The van der Waals surface area contributed by atoms with Crippen LogP contribution in [0.15, 0.2) is 40.9 Å². The third-order valence-electron chi connectivity index (χ3n) is 9.10. The fourth-order valence-corrected chi connectivity index (χ4v) is 7.06. The molecule has 176 valence electrons. The van der Waals surface area contributed by atoms with Crippen molar-refractivity contribution in [2.24, 2.45) is 23.7 Å². The molecule has 0 radical (unpaired) electrons. The summed E-state index contributed by atoms with van der Waals surface area (Å²) in [5.74, 6) is 2.80. The van der Waals surface area contributed by atoms with E-state index in [0.717, 1.165) is 42.1 Å². The molecular formula is C30H38BrNO. The zero-order chi connectivity index (χ0) is 23.3. The molecule has 2 aromatic rings. The fraction of sp³-hybridized carbons (Fsp3) is 0.567. The highest BCUT2D eigenvalue weighted by molar-refractivity contribution is 9.10. The average molecular weight is 509 g/mol. The monoisotopic (exact) mass is 507 g/mol. The maximum Gasteiger partial charge on any atom is 0.230 e. The summed E-state index contributed by atoms with van der Waals surface area (Å²) in [5, 5.41) is 0. The van der Waals surface area contributed by atoms with E-state index in [-0.39, 0.29) is 12.0 Å². The minimum Gasteiger partial charge on any atom is -0.335 e. The summed E-state index contributed by atoms with van der Waals surface area (Å²) < 4.78 is 1.09. The van der Waals surface area contributed by atoms with Gasteiger partial charge in [-0.25, -0.2) is 0 Å². The predicted molar refractivity (Wildman–Crippen MR) is 139 cm³/mol. The number of hydrogen-bond donors (Lipinski definition) is 0. The van der Waals surface area contributed by atoms with Crippen molar-refractivity contribution in [1.82, 2.24) is 4.90 Å². The lowest BCUT2D eigenvalue weighted by Crippen LogP contribution is -2.41. The largest absolute Gasteiger partial charge is 0.335 e. The second-order valence-electron chi connectivity index (χ2n) is 11.3. The van der Waals surface area contributed by atoms with Crippen molar-refractivity contribution in [2.75, 3.05) is 6.54 Å².